The minimum atomic E-state index is 0.159. The van der Waals surface area contributed by atoms with Crippen molar-refractivity contribution in [2.24, 2.45) is 5.41 Å². The van der Waals surface area contributed by atoms with Crippen LogP contribution in [-0.4, -0.2) is 13.2 Å². The van der Waals surface area contributed by atoms with Gasteiger partial charge in [-0.2, -0.15) is 0 Å². The lowest BCUT2D eigenvalue weighted by Crippen LogP contribution is -2.33. The van der Waals surface area contributed by atoms with Gasteiger partial charge in [-0.05, 0) is 12.8 Å². The van der Waals surface area contributed by atoms with Gasteiger partial charge in [0, 0.05) is 10.8 Å². The molecule has 0 atom stereocenters. The molecule has 0 bridgehead atoms. The number of halogens is 1. The van der Waals surface area contributed by atoms with E-state index >= 15 is 0 Å². The van der Waals surface area contributed by atoms with Gasteiger partial charge in [-0.25, -0.2) is 0 Å². The molecule has 0 spiro atoms. The van der Waals surface area contributed by atoms with Gasteiger partial charge in [0.05, 0.1) is 13.2 Å². The van der Waals surface area contributed by atoms with Crippen molar-refractivity contribution in [2.45, 2.75) is 52.4 Å². The van der Waals surface area contributed by atoms with E-state index in [-0.39, 0.29) is 5.41 Å². The monoisotopic (exact) mass is 302 g/mol. The van der Waals surface area contributed by atoms with E-state index < -0.39 is 0 Å². The highest BCUT2D eigenvalue weighted by atomic mass is 35.5. The van der Waals surface area contributed by atoms with Gasteiger partial charge in [0.25, 0.3) is 0 Å². The smallest absolute Gasteiger partial charge is 0.190 e. The molecule has 0 amide bonds. The first kappa shape index (κ1) is 15.0. The van der Waals surface area contributed by atoms with Crippen molar-refractivity contribution < 1.29 is 9.47 Å². The molecule has 2 heterocycles. The third-order valence-electron chi connectivity index (χ3n) is 3.85. The Bertz CT molecular complexity index is 395. The first-order chi connectivity index (χ1) is 9.21. The molecule has 1 aromatic rings. The SMILES string of the molecule is CCCCC1(CCCC)COc2csc(Cl)c2OC1. The fourth-order valence-corrected chi connectivity index (χ4v) is 3.49. The number of ether oxygens (including phenoxy) is 2. The van der Waals surface area contributed by atoms with Gasteiger partial charge in [0.2, 0.25) is 0 Å². The zero-order valence-corrected chi connectivity index (χ0v) is 13.4. The maximum absolute atomic E-state index is 6.15. The van der Waals surface area contributed by atoms with E-state index in [1.165, 1.54) is 49.9 Å². The summed E-state index contributed by atoms with van der Waals surface area (Å²) in [6.45, 7) is 5.96. The number of unbranched alkanes of at least 4 members (excludes halogenated alkanes) is 2. The number of rotatable bonds is 6. The highest BCUT2D eigenvalue weighted by Gasteiger charge is 2.35. The summed E-state index contributed by atoms with van der Waals surface area (Å²) in [7, 11) is 0. The Morgan fingerprint density at radius 1 is 1.16 bits per heavy atom. The Kier molecular flexibility index (Phi) is 5.40. The van der Waals surface area contributed by atoms with Crippen molar-refractivity contribution >= 4 is 22.9 Å². The molecule has 1 aliphatic heterocycles. The first-order valence-corrected chi connectivity index (χ1v) is 8.49. The van der Waals surface area contributed by atoms with Gasteiger partial charge in [-0.15, -0.1) is 11.3 Å². The average molecular weight is 303 g/mol. The van der Waals surface area contributed by atoms with Crippen LogP contribution in [0.15, 0.2) is 5.38 Å². The molecule has 2 rings (SSSR count). The van der Waals surface area contributed by atoms with Crippen LogP contribution >= 0.6 is 22.9 Å². The van der Waals surface area contributed by atoms with E-state index in [0.717, 1.165) is 24.7 Å². The second-order valence-corrected chi connectivity index (χ2v) is 6.97. The molecule has 4 heteroatoms. The summed E-state index contributed by atoms with van der Waals surface area (Å²) in [5.74, 6) is 1.58. The van der Waals surface area contributed by atoms with Crippen LogP contribution in [0.3, 0.4) is 0 Å². The van der Waals surface area contributed by atoms with Gasteiger partial charge in [0.15, 0.2) is 11.5 Å². The van der Waals surface area contributed by atoms with Crippen LogP contribution in [0, 0.1) is 5.41 Å². The van der Waals surface area contributed by atoms with E-state index in [0.29, 0.717) is 4.34 Å². The van der Waals surface area contributed by atoms with Crippen molar-refractivity contribution in [3.8, 4) is 11.5 Å². The number of thiophene rings is 1. The van der Waals surface area contributed by atoms with Crippen LogP contribution in [0.4, 0.5) is 0 Å². The fourth-order valence-electron chi connectivity index (χ4n) is 2.55. The van der Waals surface area contributed by atoms with Crippen molar-refractivity contribution in [3.05, 3.63) is 9.72 Å². The molecule has 0 aliphatic carbocycles. The van der Waals surface area contributed by atoms with E-state index in [1.807, 2.05) is 5.38 Å². The fraction of sp³-hybridized carbons (Fsp3) is 0.733. The molecule has 0 N–H and O–H groups in total. The van der Waals surface area contributed by atoms with Crippen LogP contribution in [0.5, 0.6) is 11.5 Å². The molecule has 108 valence electrons. The standard InChI is InChI=1S/C15H23ClO2S/c1-3-5-7-15(8-6-4-2)10-17-12-9-19-14(16)13(12)18-11-15/h9H,3-8,10-11H2,1-2H3. The molecule has 19 heavy (non-hydrogen) atoms. The predicted octanol–water partition coefficient (Wildman–Crippen LogP) is 5.54. The highest BCUT2D eigenvalue weighted by Crippen LogP contribution is 2.46. The summed E-state index contributed by atoms with van der Waals surface area (Å²) in [5, 5.41) is 1.95. The zero-order chi connectivity index (χ0) is 13.7. The van der Waals surface area contributed by atoms with Crippen molar-refractivity contribution in [3.63, 3.8) is 0 Å². The highest BCUT2D eigenvalue weighted by molar-refractivity contribution is 7.15. The molecular weight excluding hydrogens is 280 g/mol. The normalized spacial score (nSPS) is 17.2. The van der Waals surface area contributed by atoms with Crippen molar-refractivity contribution in [1.29, 1.82) is 0 Å². The van der Waals surface area contributed by atoms with E-state index in [9.17, 15) is 0 Å². The van der Waals surface area contributed by atoms with Gasteiger partial charge in [0.1, 0.15) is 4.34 Å². The molecule has 0 aromatic carbocycles. The second-order valence-electron chi connectivity index (χ2n) is 5.49. The van der Waals surface area contributed by atoms with Gasteiger partial charge in [-0.3, -0.25) is 0 Å². The second kappa shape index (κ2) is 6.85. The maximum Gasteiger partial charge on any atom is 0.190 e. The third kappa shape index (κ3) is 3.57. The Labute approximate surface area is 125 Å². The molecule has 0 fully saturated rings. The van der Waals surface area contributed by atoms with Gasteiger partial charge in [-0.1, -0.05) is 51.1 Å². The lowest BCUT2D eigenvalue weighted by Gasteiger charge is -2.31. The van der Waals surface area contributed by atoms with Gasteiger partial charge >= 0.3 is 0 Å². The van der Waals surface area contributed by atoms with Gasteiger partial charge < -0.3 is 9.47 Å². The Hall–Kier alpha value is -0.410. The maximum atomic E-state index is 6.15. The molecule has 1 aromatic heterocycles. The summed E-state index contributed by atoms with van der Waals surface area (Å²) < 4.78 is 12.7. The number of hydrogen-bond acceptors (Lipinski definition) is 3. The lowest BCUT2D eigenvalue weighted by molar-refractivity contribution is 0.0794. The molecule has 0 saturated heterocycles. The quantitative estimate of drug-likeness (QED) is 0.687. The predicted molar refractivity (Wildman–Crippen MR) is 81.8 cm³/mol. The third-order valence-corrected chi connectivity index (χ3v) is 5.01. The summed E-state index contributed by atoms with van der Waals surface area (Å²) in [6, 6.07) is 0. The Morgan fingerprint density at radius 2 is 1.79 bits per heavy atom. The summed E-state index contributed by atoms with van der Waals surface area (Å²) in [6.07, 6.45) is 7.25. The zero-order valence-electron chi connectivity index (χ0n) is 11.8. The van der Waals surface area contributed by atoms with Crippen LogP contribution in [0.25, 0.3) is 0 Å². The topological polar surface area (TPSA) is 18.5 Å². The van der Waals surface area contributed by atoms with Crippen LogP contribution in [0.2, 0.25) is 4.34 Å². The van der Waals surface area contributed by atoms with Crippen LogP contribution in [-0.2, 0) is 0 Å². The molecule has 2 nitrogen and oxygen atoms in total. The van der Waals surface area contributed by atoms with Crippen LogP contribution < -0.4 is 9.47 Å². The Balaban J connectivity index is 2.08. The average Bonchev–Trinajstić information content (AvgIpc) is 2.68. The molecule has 0 saturated carbocycles. The van der Waals surface area contributed by atoms with E-state index in [4.69, 9.17) is 21.1 Å². The van der Waals surface area contributed by atoms with Crippen LogP contribution in [0.1, 0.15) is 52.4 Å². The first-order valence-electron chi connectivity index (χ1n) is 7.23. The summed E-state index contributed by atoms with van der Waals surface area (Å²) in [5.41, 5.74) is 0.159. The van der Waals surface area contributed by atoms with E-state index in [1.54, 1.807) is 0 Å². The van der Waals surface area contributed by atoms with Crippen molar-refractivity contribution in [1.82, 2.24) is 0 Å². The minimum Gasteiger partial charge on any atom is -0.488 e. The minimum absolute atomic E-state index is 0.159. The summed E-state index contributed by atoms with van der Waals surface area (Å²) in [4.78, 5) is 0. The number of fused-ring (bicyclic) bond motifs is 1. The molecule has 0 radical (unpaired) electrons. The summed E-state index contributed by atoms with van der Waals surface area (Å²) >= 11 is 7.63. The Morgan fingerprint density at radius 3 is 2.42 bits per heavy atom. The van der Waals surface area contributed by atoms with Crippen molar-refractivity contribution in [2.75, 3.05) is 13.2 Å². The largest absolute Gasteiger partial charge is 0.488 e. The molecular formula is C15H23ClO2S. The molecule has 0 unspecified atom stereocenters. The lowest BCUT2D eigenvalue weighted by atomic mass is 9.79. The number of hydrogen-bond donors (Lipinski definition) is 0. The molecule has 1 aliphatic rings. The van der Waals surface area contributed by atoms with E-state index in [2.05, 4.69) is 13.8 Å².